The molecule has 2 aromatic heterocycles. The topological polar surface area (TPSA) is 62.5 Å². The molecule has 3 heterocycles. The van der Waals surface area contributed by atoms with E-state index in [0.717, 1.165) is 10.4 Å². The van der Waals surface area contributed by atoms with Gasteiger partial charge in [-0.1, -0.05) is 5.16 Å². The van der Waals surface area contributed by atoms with Gasteiger partial charge in [0, 0.05) is 24.5 Å². The standard InChI is InChI=1S/C15H17F3N4O2S/c1-3-21(4-2)14(23)22-6-5-9-7-10(25-11(9)8-22)12-19-13(24-20-12)15(16,17)18/h7H,3-6,8H2,1-2H3. The summed E-state index contributed by atoms with van der Waals surface area (Å²) in [7, 11) is 0. The second kappa shape index (κ2) is 6.66. The zero-order valence-electron chi connectivity index (χ0n) is 13.8. The van der Waals surface area contributed by atoms with E-state index < -0.39 is 12.1 Å². The van der Waals surface area contributed by atoms with Gasteiger partial charge in [-0.25, -0.2) is 4.79 Å². The Balaban J connectivity index is 1.79. The van der Waals surface area contributed by atoms with Crippen molar-refractivity contribution in [2.45, 2.75) is 33.0 Å². The van der Waals surface area contributed by atoms with Crippen molar-refractivity contribution in [1.82, 2.24) is 19.9 Å². The number of fused-ring (bicyclic) bond motifs is 1. The average molecular weight is 374 g/mol. The number of amides is 2. The number of hydrogen-bond acceptors (Lipinski definition) is 5. The van der Waals surface area contributed by atoms with Crippen LogP contribution in [0.5, 0.6) is 0 Å². The summed E-state index contributed by atoms with van der Waals surface area (Å²) < 4.78 is 42.0. The molecule has 0 fully saturated rings. The largest absolute Gasteiger partial charge is 0.471 e. The van der Waals surface area contributed by atoms with Crippen LogP contribution in [0.15, 0.2) is 10.6 Å². The summed E-state index contributed by atoms with van der Waals surface area (Å²) in [6.07, 6.45) is -4.00. The number of hydrogen-bond donors (Lipinski definition) is 0. The van der Waals surface area contributed by atoms with Crippen LogP contribution in [0.25, 0.3) is 10.7 Å². The molecular weight excluding hydrogens is 357 g/mol. The minimum absolute atomic E-state index is 0.0236. The highest BCUT2D eigenvalue weighted by Gasteiger charge is 2.39. The lowest BCUT2D eigenvalue weighted by Gasteiger charge is -2.31. The molecule has 25 heavy (non-hydrogen) atoms. The Morgan fingerprint density at radius 3 is 2.72 bits per heavy atom. The Kier molecular flexibility index (Phi) is 4.72. The zero-order chi connectivity index (χ0) is 18.2. The zero-order valence-corrected chi connectivity index (χ0v) is 14.6. The second-order valence-corrected chi connectivity index (χ2v) is 6.74. The van der Waals surface area contributed by atoms with Crippen LogP contribution in [0, 0.1) is 0 Å². The van der Waals surface area contributed by atoms with E-state index in [1.807, 2.05) is 13.8 Å². The summed E-state index contributed by atoms with van der Waals surface area (Å²) in [5.74, 6) is -1.43. The highest BCUT2D eigenvalue weighted by molar-refractivity contribution is 7.15. The molecule has 0 unspecified atom stereocenters. The molecule has 0 atom stereocenters. The SMILES string of the molecule is CCN(CC)C(=O)N1CCc2cc(-c3noc(C(F)(F)F)n3)sc2C1. The van der Waals surface area contributed by atoms with Crippen molar-refractivity contribution in [3.05, 3.63) is 22.4 Å². The highest BCUT2D eigenvalue weighted by Crippen LogP contribution is 2.35. The number of halogens is 3. The van der Waals surface area contributed by atoms with Crippen molar-refractivity contribution in [1.29, 1.82) is 0 Å². The molecule has 136 valence electrons. The third kappa shape index (κ3) is 3.48. The van der Waals surface area contributed by atoms with Gasteiger partial charge in [0.05, 0.1) is 11.4 Å². The van der Waals surface area contributed by atoms with Gasteiger partial charge in [0.25, 0.3) is 0 Å². The molecule has 2 amide bonds. The van der Waals surface area contributed by atoms with Gasteiger partial charge in [-0.15, -0.1) is 11.3 Å². The van der Waals surface area contributed by atoms with Crippen molar-refractivity contribution < 1.29 is 22.5 Å². The Bertz CT molecular complexity index is 767. The molecule has 1 aliphatic heterocycles. The molecule has 0 spiro atoms. The van der Waals surface area contributed by atoms with Crippen LogP contribution in [-0.2, 0) is 19.1 Å². The van der Waals surface area contributed by atoms with E-state index >= 15 is 0 Å². The number of rotatable bonds is 3. The Hall–Kier alpha value is -2.10. The van der Waals surface area contributed by atoms with Crippen LogP contribution < -0.4 is 0 Å². The second-order valence-electron chi connectivity index (χ2n) is 5.61. The predicted octanol–water partition coefficient (Wildman–Crippen LogP) is 3.64. The molecule has 10 heteroatoms. The Morgan fingerprint density at radius 2 is 2.12 bits per heavy atom. The number of aromatic nitrogens is 2. The van der Waals surface area contributed by atoms with Crippen LogP contribution >= 0.6 is 11.3 Å². The monoisotopic (exact) mass is 374 g/mol. The molecule has 6 nitrogen and oxygen atoms in total. The van der Waals surface area contributed by atoms with E-state index in [-0.39, 0.29) is 11.9 Å². The van der Waals surface area contributed by atoms with Gasteiger partial charge >= 0.3 is 18.1 Å². The molecule has 0 saturated heterocycles. The molecule has 0 radical (unpaired) electrons. The fourth-order valence-corrected chi connectivity index (χ4v) is 3.88. The van der Waals surface area contributed by atoms with E-state index in [1.165, 1.54) is 11.3 Å². The first kappa shape index (κ1) is 17.7. The minimum Gasteiger partial charge on any atom is -0.329 e. The van der Waals surface area contributed by atoms with Crippen LogP contribution in [0.2, 0.25) is 0 Å². The van der Waals surface area contributed by atoms with E-state index in [4.69, 9.17) is 0 Å². The maximum atomic E-state index is 12.6. The molecule has 0 aliphatic carbocycles. The van der Waals surface area contributed by atoms with E-state index in [0.29, 0.717) is 37.5 Å². The summed E-state index contributed by atoms with van der Waals surface area (Å²) in [6, 6.07) is 1.76. The number of thiophene rings is 1. The van der Waals surface area contributed by atoms with Gasteiger partial charge in [0.2, 0.25) is 5.82 Å². The van der Waals surface area contributed by atoms with Gasteiger partial charge in [-0.05, 0) is 31.9 Å². The predicted molar refractivity (Wildman–Crippen MR) is 85.0 cm³/mol. The molecule has 3 rings (SSSR count). The number of carbonyl (C=O) groups excluding carboxylic acids is 1. The quantitative estimate of drug-likeness (QED) is 0.823. The first-order valence-corrected chi connectivity index (χ1v) is 8.71. The maximum absolute atomic E-state index is 12.6. The number of nitrogens with zero attached hydrogens (tertiary/aromatic N) is 4. The number of alkyl halides is 3. The van der Waals surface area contributed by atoms with Gasteiger partial charge < -0.3 is 14.3 Å². The van der Waals surface area contributed by atoms with E-state index in [9.17, 15) is 18.0 Å². The highest BCUT2D eigenvalue weighted by atomic mass is 32.1. The summed E-state index contributed by atoms with van der Waals surface area (Å²) >= 11 is 1.30. The molecule has 0 aromatic carbocycles. The van der Waals surface area contributed by atoms with Gasteiger partial charge in [-0.2, -0.15) is 18.2 Å². The summed E-state index contributed by atoms with van der Waals surface area (Å²) in [6.45, 7) is 6.15. The normalized spacial score (nSPS) is 14.5. The summed E-state index contributed by atoms with van der Waals surface area (Å²) in [5, 5.41) is 3.42. The molecular formula is C15H17F3N4O2S. The van der Waals surface area contributed by atoms with E-state index in [1.54, 1.807) is 15.9 Å². The van der Waals surface area contributed by atoms with Crippen molar-refractivity contribution in [3.63, 3.8) is 0 Å². The third-order valence-corrected chi connectivity index (χ3v) is 5.23. The van der Waals surface area contributed by atoms with Gasteiger partial charge in [-0.3, -0.25) is 0 Å². The van der Waals surface area contributed by atoms with Gasteiger partial charge in [0.1, 0.15) is 0 Å². The first-order valence-electron chi connectivity index (χ1n) is 7.90. The molecule has 0 saturated carbocycles. The summed E-state index contributed by atoms with van der Waals surface area (Å²) in [4.78, 5) is 20.8. The number of urea groups is 1. The van der Waals surface area contributed by atoms with Crippen LogP contribution in [-0.4, -0.2) is 45.6 Å². The fourth-order valence-electron chi connectivity index (χ4n) is 2.73. The smallest absolute Gasteiger partial charge is 0.329 e. The number of carbonyl (C=O) groups is 1. The Labute approximate surface area is 146 Å². The van der Waals surface area contributed by atoms with Crippen LogP contribution in [0.1, 0.15) is 30.2 Å². The third-order valence-electron chi connectivity index (χ3n) is 4.08. The van der Waals surface area contributed by atoms with Crippen molar-refractivity contribution in [2.75, 3.05) is 19.6 Å². The van der Waals surface area contributed by atoms with Gasteiger partial charge in [0.15, 0.2) is 0 Å². The molecule has 0 bridgehead atoms. The lowest BCUT2D eigenvalue weighted by atomic mass is 10.1. The van der Waals surface area contributed by atoms with Crippen molar-refractivity contribution >= 4 is 17.4 Å². The fraction of sp³-hybridized carbons (Fsp3) is 0.533. The Morgan fingerprint density at radius 1 is 1.40 bits per heavy atom. The summed E-state index contributed by atoms with van der Waals surface area (Å²) in [5.41, 5.74) is 1.02. The molecule has 2 aromatic rings. The lowest BCUT2D eigenvalue weighted by molar-refractivity contribution is -0.159. The van der Waals surface area contributed by atoms with Crippen LogP contribution in [0.3, 0.4) is 0 Å². The average Bonchev–Trinajstić information content (AvgIpc) is 3.21. The first-order chi connectivity index (χ1) is 11.8. The molecule has 1 aliphatic rings. The van der Waals surface area contributed by atoms with E-state index in [2.05, 4.69) is 14.7 Å². The molecule has 0 N–H and O–H groups in total. The van der Waals surface area contributed by atoms with Crippen LogP contribution in [0.4, 0.5) is 18.0 Å². The maximum Gasteiger partial charge on any atom is 0.471 e. The van der Waals surface area contributed by atoms with Crippen molar-refractivity contribution in [3.8, 4) is 10.7 Å². The van der Waals surface area contributed by atoms with Crippen molar-refractivity contribution in [2.24, 2.45) is 0 Å². The lowest BCUT2D eigenvalue weighted by Crippen LogP contribution is -2.44. The minimum atomic E-state index is -4.66.